The molecule has 1 aliphatic rings. The van der Waals surface area contributed by atoms with Crippen LogP contribution in [0.25, 0.3) is 0 Å². The van der Waals surface area contributed by atoms with Crippen LogP contribution in [0.4, 0.5) is 0 Å². The summed E-state index contributed by atoms with van der Waals surface area (Å²) >= 11 is 0. The highest BCUT2D eigenvalue weighted by atomic mass is 32.2. The molecule has 0 aliphatic carbocycles. The predicted octanol–water partition coefficient (Wildman–Crippen LogP) is 0.120. The highest BCUT2D eigenvalue weighted by Crippen LogP contribution is 2.16. The van der Waals surface area contributed by atoms with Gasteiger partial charge < -0.3 is 0 Å². The number of aromatic nitrogens is 2. The maximum atomic E-state index is 11.2. The fourth-order valence-electron chi connectivity index (χ4n) is 1.39. The van der Waals surface area contributed by atoms with Crippen molar-refractivity contribution in [3.63, 3.8) is 0 Å². The number of hydrogen-bond donors (Lipinski definition) is 0. The number of fused-ring (bicyclic) bond motifs is 1. The van der Waals surface area contributed by atoms with Gasteiger partial charge in [0, 0.05) is 0 Å². The van der Waals surface area contributed by atoms with Crippen LogP contribution < -0.4 is 0 Å². The average molecular weight is 186 g/mol. The lowest BCUT2D eigenvalue weighted by atomic mass is 10.3. The van der Waals surface area contributed by atoms with Crippen molar-refractivity contribution in [3.05, 3.63) is 17.5 Å². The zero-order chi connectivity index (χ0) is 8.77. The van der Waals surface area contributed by atoms with Crippen LogP contribution in [0.1, 0.15) is 11.3 Å². The van der Waals surface area contributed by atoms with Crippen molar-refractivity contribution in [2.75, 3.05) is 5.75 Å². The van der Waals surface area contributed by atoms with Crippen molar-refractivity contribution in [3.8, 4) is 0 Å². The van der Waals surface area contributed by atoms with Gasteiger partial charge in [-0.25, -0.2) is 8.42 Å². The smallest absolute Gasteiger partial charge is 0.157 e. The molecule has 66 valence electrons. The Labute approximate surface area is 71.1 Å². The van der Waals surface area contributed by atoms with Gasteiger partial charge in [0.15, 0.2) is 9.84 Å². The van der Waals surface area contributed by atoms with Crippen LogP contribution >= 0.6 is 0 Å². The molecule has 0 N–H and O–H groups in total. The molecule has 4 nitrogen and oxygen atoms in total. The van der Waals surface area contributed by atoms with Crippen LogP contribution in [-0.4, -0.2) is 24.0 Å². The van der Waals surface area contributed by atoms with E-state index in [1.807, 2.05) is 6.92 Å². The van der Waals surface area contributed by atoms with E-state index in [2.05, 4.69) is 5.10 Å². The second kappa shape index (κ2) is 2.32. The number of aryl methyl sites for hydroxylation is 2. The van der Waals surface area contributed by atoms with Gasteiger partial charge in [-0.2, -0.15) is 5.10 Å². The molecule has 0 saturated carbocycles. The zero-order valence-corrected chi connectivity index (χ0v) is 7.63. The van der Waals surface area contributed by atoms with E-state index in [9.17, 15) is 8.42 Å². The molecule has 12 heavy (non-hydrogen) atoms. The molecule has 0 atom stereocenters. The second-order valence-corrected chi connectivity index (χ2v) is 5.27. The van der Waals surface area contributed by atoms with Crippen LogP contribution in [-0.2, 0) is 22.1 Å². The van der Waals surface area contributed by atoms with Gasteiger partial charge in [-0.05, 0) is 12.5 Å². The first-order chi connectivity index (χ1) is 5.58. The Balaban J connectivity index is 2.52. The molecule has 0 radical (unpaired) electrons. The second-order valence-electron chi connectivity index (χ2n) is 3.09. The van der Waals surface area contributed by atoms with Crippen molar-refractivity contribution in [2.24, 2.45) is 0 Å². The quantitative estimate of drug-likeness (QED) is 0.578. The summed E-state index contributed by atoms with van der Waals surface area (Å²) in [6, 6.07) is 0. The Morgan fingerprint density at radius 2 is 2.33 bits per heavy atom. The van der Waals surface area contributed by atoms with Gasteiger partial charge >= 0.3 is 0 Å². The number of hydrogen-bond acceptors (Lipinski definition) is 3. The van der Waals surface area contributed by atoms with Crippen molar-refractivity contribution in [2.45, 2.75) is 19.2 Å². The first kappa shape index (κ1) is 7.79. The molecule has 5 heteroatoms. The summed E-state index contributed by atoms with van der Waals surface area (Å²) < 4.78 is 24.2. The molecular formula is C7H10N2O2S. The van der Waals surface area contributed by atoms with Crippen molar-refractivity contribution >= 4 is 9.84 Å². The Morgan fingerprint density at radius 3 is 3.08 bits per heavy atom. The fraction of sp³-hybridized carbons (Fsp3) is 0.571. The Bertz CT molecular complexity index is 405. The normalized spacial score (nSPS) is 20.4. The van der Waals surface area contributed by atoms with Gasteiger partial charge in [0.05, 0.1) is 29.9 Å². The number of rotatable bonds is 0. The Morgan fingerprint density at radius 1 is 1.58 bits per heavy atom. The van der Waals surface area contributed by atoms with Gasteiger partial charge in [-0.1, -0.05) is 0 Å². The molecule has 1 aliphatic heterocycles. The Kier molecular flexibility index (Phi) is 1.51. The molecule has 2 rings (SSSR count). The first-order valence-electron chi connectivity index (χ1n) is 3.80. The molecule has 2 heterocycles. The van der Waals surface area contributed by atoms with Crippen LogP contribution in [0.2, 0.25) is 0 Å². The van der Waals surface area contributed by atoms with Gasteiger partial charge in [-0.15, -0.1) is 0 Å². The minimum Gasteiger partial charge on any atom is -0.267 e. The summed E-state index contributed by atoms with van der Waals surface area (Å²) in [5, 5.41) is 4.07. The molecule has 1 aromatic rings. The summed E-state index contributed by atoms with van der Waals surface area (Å²) in [5.41, 5.74) is 1.82. The highest BCUT2D eigenvalue weighted by molar-refractivity contribution is 7.90. The monoisotopic (exact) mass is 186 g/mol. The van der Waals surface area contributed by atoms with E-state index in [1.165, 1.54) is 0 Å². The highest BCUT2D eigenvalue weighted by Gasteiger charge is 2.22. The molecular weight excluding hydrogens is 176 g/mol. The van der Waals surface area contributed by atoms with E-state index >= 15 is 0 Å². The maximum Gasteiger partial charge on any atom is 0.157 e. The molecule has 0 unspecified atom stereocenters. The summed E-state index contributed by atoms with van der Waals surface area (Å²) in [7, 11) is -2.85. The molecule has 0 saturated heterocycles. The van der Waals surface area contributed by atoms with Crippen molar-refractivity contribution in [1.82, 2.24) is 9.78 Å². The summed E-state index contributed by atoms with van der Waals surface area (Å²) in [4.78, 5) is 0. The SMILES string of the molecule is Cc1cnn2c1CS(=O)(=O)CC2. The van der Waals surface area contributed by atoms with Gasteiger partial charge in [0.25, 0.3) is 0 Å². The molecule has 0 amide bonds. The summed E-state index contributed by atoms with van der Waals surface area (Å²) in [6.07, 6.45) is 1.72. The topological polar surface area (TPSA) is 52.0 Å². The molecule has 0 fully saturated rings. The minimum atomic E-state index is -2.85. The third-order valence-corrected chi connectivity index (χ3v) is 3.65. The first-order valence-corrected chi connectivity index (χ1v) is 5.62. The van der Waals surface area contributed by atoms with Crippen LogP contribution in [0.3, 0.4) is 0 Å². The van der Waals surface area contributed by atoms with E-state index in [0.29, 0.717) is 6.54 Å². The lowest BCUT2D eigenvalue weighted by molar-refractivity contribution is 0.555. The van der Waals surface area contributed by atoms with Crippen LogP contribution in [0, 0.1) is 6.92 Å². The number of nitrogens with zero attached hydrogens (tertiary/aromatic N) is 2. The van der Waals surface area contributed by atoms with E-state index in [0.717, 1.165) is 11.3 Å². The van der Waals surface area contributed by atoms with Crippen molar-refractivity contribution in [1.29, 1.82) is 0 Å². The van der Waals surface area contributed by atoms with E-state index < -0.39 is 9.84 Å². The van der Waals surface area contributed by atoms with E-state index in [4.69, 9.17) is 0 Å². The van der Waals surface area contributed by atoms with E-state index in [1.54, 1.807) is 10.9 Å². The van der Waals surface area contributed by atoms with E-state index in [-0.39, 0.29) is 11.5 Å². The average Bonchev–Trinajstić information content (AvgIpc) is 2.31. The standard InChI is InChI=1S/C7H10N2O2S/c1-6-4-8-9-2-3-12(10,11)5-7(6)9/h4H,2-3,5H2,1H3. The lowest BCUT2D eigenvalue weighted by Crippen LogP contribution is -2.24. The molecule has 0 aromatic carbocycles. The summed E-state index contributed by atoms with van der Waals surface area (Å²) in [5.74, 6) is 0.375. The number of sulfone groups is 1. The third kappa shape index (κ3) is 1.14. The van der Waals surface area contributed by atoms with Crippen molar-refractivity contribution < 1.29 is 8.42 Å². The molecule has 1 aromatic heterocycles. The molecule has 0 bridgehead atoms. The van der Waals surface area contributed by atoms with Crippen LogP contribution in [0.5, 0.6) is 0 Å². The van der Waals surface area contributed by atoms with Gasteiger partial charge in [-0.3, -0.25) is 4.68 Å². The summed E-state index contributed by atoms with van der Waals surface area (Å²) in [6.45, 7) is 2.39. The minimum absolute atomic E-state index is 0.152. The maximum absolute atomic E-state index is 11.2. The predicted molar refractivity (Wildman–Crippen MR) is 44.5 cm³/mol. The third-order valence-electron chi connectivity index (χ3n) is 2.13. The van der Waals surface area contributed by atoms with Gasteiger partial charge in [0.1, 0.15) is 0 Å². The van der Waals surface area contributed by atoms with Crippen LogP contribution in [0.15, 0.2) is 6.20 Å². The largest absolute Gasteiger partial charge is 0.267 e. The Hall–Kier alpha value is -0.840. The zero-order valence-electron chi connectivity index (χ0n) is 6.82. The fourth-order valence-corrected chi connectivity index (χ4v) is 2.78. The van der Waals surface area contributed by atoms with Gasteiger partial charge in [0.2, 0.25) is 0 Å². The molecule has 0 spiro atoms. The lowest BCUT2D eigenvalue weighted by Gasteiger charge is -2.14.